The van der Waals surface area contributed by atoms with E-state index < -0.39 is 5.97 Å². The van der Waals surface area contributed by atoms with Crippen LogP contribution in [-0.4, -0.2) is 43.3 Å². The van der Waals surface area contributed by atoms with Crippen LogP contribution in [0.25, 0.3) is 6.08 Å². The molecule has 0 aromatic heterocycles. The summed E-state index contributed by atoms with van der Waals surface area (Å²) in [4.78, 5) is 25.3. The van der Waals surface area contributed by atoms with Crippen molar-refractivity contribution in [3.8, 4) is 11.5 Å². The number of amides is 1. The molecule has 1 aromatic carbocycles. The van der Waals surface area contributed by atoms with Gasteiger partial charge in [0, 0.05) is 19.2 Å². The van der Waals surface area contributed by atoms with Crippen LogP contribution in [0.5, 0.6) is 11.5 Å². The first-order chi connectivity index (χ1) is 11.5. The summed E-state index contributed by atoms with van der Waals surface area (Å²) < 4.78 is 15.5. The number of fused-ring (bicyclic) bond motifs is 1. The predicted molar refractivity (Wildman–Crippen MR) is 89.6 cm³/mol. The summed E-state index contributed by atoms with van der Waals surface area (Å²) in [5.41, 5.74) is 1.65. The Bertz CT molecular complexity index is 665. The molecule has 1 amide bonds. The molecule has 128 valence electrons. The quantitative estimate of drug-likeness (QED) is 0.436. The maximum atomic E-state index is 12.0. The van der Waals surface area contributed by atoms with Gasteiger partial charge in [0.1, 0.15) is 0 Å². The molecule has 0 radical (unpaired) electrons. The first-order valence-electron chi connectivity index (χ1n) is 7.66. The zero-order valence-corrected chi connectivity index (χ0v) is 13.9. The molecule has 0 saturated carbocycles. The van der Waals surface area contributed by atoms with Crippen LogP contribution in [0.2, 0.25) is 0 Å². The summed E-state index contributed by atoms with van der Waals surface area (Å²) >= 11 is 0. The topological polar surface area (TPSA) is 65.1 Å². The number of hydrogen-bond acceptors (Lipinski definition) is 5. The standard InChI is InChI=1S/C18H21NO5/c1-4-19(10-13(2)3)17(20)11-22-18(21)8-6-14-5-7-15-16(9-14)24-12-23-15/h5-9H,2,4,10-12H2,1,3H3/b8-6+. The Morgan fingerprint density at radius 1 is 1.33 bits per heavy atom. The minimum absolute atomic E-state index is 0.199. The maximum Gasteiger partial charge on any atom is 0.331 e. The van der Waals surface area contributed by atoms with Gasteiger partial charge in [-0.3, -0.25) is 4.79 Å². The summed E-state index contributed by atoms with van der Waals surface area (Å²) in [6.07, 6.45) is 2.88. The molecule has 0 saturated heterocycles. The first-order valence-corrected chi connectivity index (χ1v) is 7.66. The number of benzene rings is 1. The van der Waals surface area contributed by atoms with Crippen molar-refractivity contribution in [2.24, 2.45) is 0 Å². The first kappa shape index (κ1) is 17.6. The average Bonchev–Trinajstić information content (AvgIpc) is 3.03. The van der Waals surface area contributed by atoms with E-state index in [1.54, 1.807) is 29.2 Å². The number of carbonyl (C=O) groups excluding carboxylic acids is 2. The van der Waals surface area contributed by atoms with Crippen LogP contribution >= 0.6 is 0 Å². The molecule has 6 nitrogen and oxygen atoms in total. The highest BCUT2D eigenvalue weighted by Crippen LogP contribution is 2.32. The highest BCUT2D eigenvalue weighted by atomic mass is 16.7. The Balaban J connectivity index is 1.84. The number of likely N-dealkylation sites (N-methyl/N-ethyl adjacent to an activating group) is 1. The van der Waals surface area contributed by atoms with Gasteiger partial charge in [0.2, 0.25) is 6.79 Å². The van der Waals surface area contributed by atoms with Crippen LogP contribution in [0.15, 0.2) is 36.4 Å². The van der Waals surface area contributed by atoms with Gasteiger partial charge >= 0.3 is 5.97 Å². The molecule has 6 heteroatoms. The molecule has 0 atom stereocenters. The van der Waals surface area contributed by atoms with Crippen LogP contribution in [0.1, 0.15) is 19.4 Å². The Labute approximate surface area is 141 Å². The van der Waals surface area contributed by atoms with Crippen molar-refractivity contribution in [2.75, 3.05) is 26.5 Å². The van der Waals surface area contributed by atoms with Crippen LogP contribution < -0.4 is 9.47 Å². The lowest BCUT2D eigenvalue weighted by atomic mass is 10.2. The average molecular weight is 331 g/mol. The van der Waals surface area contributed by atoms with Crippen LogP contribution in [-0.2, 0) is 14.3 Å². The van der Waals surface area contributed by atoms with Gasteiger partial charge in [-0.25, -0.2) is 4.79 Å². The fourth-order valence-electron chi connectivity index (χ4n) is 2.16. The zero-order chi connectivity index (χ0) is 17.5. The molecule has 0 N–H and O–H groups in total. The molecule has 1 aliphatic heterocycles. The molecule has 1 heterocycles. The van der Waals surface area contributed by atoms with E-state index in [1.807, 2.05) is 13.8 Å². The summed E-state index contributed by atoms with van der Waals surface area (Å²) in [6, 6.07) is 5.34. The summed E-state index contributed by atoms with van der Waals surface area (Å²) in [5, 5.41) is 0. The van der Waals surface area contributed by atoms with Crippen molar-refractivity contribution < 1.29 is 23.8 Å². The normalized spacial score (nSPS) is 12.2. The Kier molecular flexibility index (Phi) is 6.01. The second-order valence-electron chi connectivity index (χ2n) is 5.42. The summed E-state index contributed by atoms with van der Waals surface area (Å²) in [7, 11) is 0. The van der Waals surface area contributed by atoms with Gasteiger partial charge in [0.15, 0.2) is 18.1 Å². The lowest BCUT2D eigenvalue weighted by Gasteiger charge is -2.20. The van der Waals surface area contributed by atoms with E-state index in [2.05, 4.69) is 6.58 Å². The van der Waals surface area contributed by atoms with E-state index in [0.29, 0.717) is 24.6 Å². The third-order valence-corrected chi connectivity index (χ3v) is 3.34. The van der Waals surface area contributed by atoms with Crippen molar-refractivity contribution in [2.45, 2.75) is 13.8 Å². The van der Waals surface area contributed by atoms with Crippen molar-refractivity contribution in [1.29, 1.82) is 0 Å². The second kappa shape index (κ2) is 8.19. The third-order valence-electron chi connectivity index (χ3n) is 3.34. The predicted octanol–water partition coefficient (Wildman–Crippen LogP) is 2.40. The van der Waals surface area contributed by atoms with E-state index in [9.17, 15) is 9.59 Å². The van der Waals surface area contributed by atoms with Crippen molar-refractivity contribution in [3.63, 3.8) is 0 Å². The van der Waals surface area contributed by atoms with Crippen LogP contribution in [0.3, 0.4) is 0 Å². The number of carbonyl (C=O) groups is 2. The molecule has 1 aromatic rings. The molecule has 1 aliphatic rings. The number of nitrogens with zero attached hydrogens (tertiary/aromatic N) is 1. The Morgan fingerprint density at radius 2 is 2.08 bits per heavy atom. The number of ether oxygens (including phenoxy) is 3. The van der Waals surface area contributed by atoms with Crippen LogP contribution in [0.4, 0.5) is 0 Å². The lowest BCUT2D eigenvalue weighted by molar-refractivity contribution is -0.147. The fourth-order valence-corrected chi connectivity index (χ4v) is 2.16. The highest BCUT2D eigenvalue weighted by molar-refractivity contribution is 5.89. The van der Waals surface area contributed by atoms with Crippen molar-refractivity contribution in [3.05, 3.63) is 42.0 Å². The lowest BCUT2D eigenvalue weighted by Crippen LogP contribution is -2.35. The second-order valence-corrected chi connectivity index (χ2v) is 5.42. The highest BCUT2D eigenvalue weighted by Gasteiger charge is 2.14. The maximum absolute atomic E-state index is 12.0. The van der Waals surface area contributed by atoms with E-state index in [0.717, 1.165) is 11.1 Å². The van der Waals surface area contributed by atoms with Gasteiger partial charge in [-0.15, -0.1) is 0 Å². The van der Waals surface area contributed by atoms with Crippen LogP contribution in [0, 0.1) is 0 Å². The van der Waals surface area contributed by atoms with E-state index in [4.69, 9.17) is 14.2 Å². The molecular weight excluding hydrogens is 310 g/mol. The minimum Gasteiger partial charge on any atom is -0.454 e. The van der Waals surface area contributed by atoms with E-state index in [-0.39, 0.29) is 19.3 Å². The van der Waals surface area contributed by atoms with Gasteiger partial charge in [0.25, 0.3) is 5.91 Å². The SMILES string of the molecule is C=C(C)CN(CC)C(=O)COC(=O)/C=C/c1ccc2c(c1)OCO2. The summed E-state index contributed by atoms with van der Waals surface area (Å²) in [5.74, 6) is 0.495. The molecule has 0 bridgehead atoms. The van der Waals surface area contributed by atoms with E-state index >= 15 is 0 Å². The Hall–Kier alpha value is -2.76. The molecule has 24 heavy (non-hydrogen) atoms. The van der Waals surface area contributed by atoms with Gasteiger partial charge in [-0.05, 0) is 37.6 Å². The Morgan fingerprint density at radius 3 is 2.79 bits per heavy atom. The largest absolute Gasteiger partial charge is 0.454 e. The third kappa shape index (κ3) is 4.87. The zero-order valence-electron chi connectivity index (χ0n) is 13.9. The smallest absolute Gasteiger partial charge is 0.331 e. The number of esters is 1. The van der Waals surface area contributed by atoms with E-state index in [1.165, 1.54) is 6.08 Å². The van der Waals surface area contributed by atoms with Crippen molar-refractivity contribution >= 4 is 18.0 Å². The molecule has 2 rings (SSSR count). The van der Waals surface area contributed by atoms with Gasteiger partial charge < -0.3 is 19.1 Å². The summed E-state index contributed by atoms with van der Waals surface area (Å²) in [6.45, 7) is 8.39. The van der Waals surface area contributed by atoms with Gasteiger partial charge in [-0.1, -0.05) is 18.2 Å². The monoisotopic (exact) mass is 331 g/mol. The molecule has 0 unspecified atom stereocenters. The van der Waals surface area contributed by atoms with Gasteiger partial charge in [-0.2, -0.15) is 0 Å². The molecular formula is C18H21NO5. The number of rotatable bonds is 7. The fraction of sp³-hybridized carbons (Fsp3) is 0.333. The molecule has 0 fully saturated rings. The molecule has 0 aliphatic carbocycles. The molecule has 0 spiro atoms. The number of hydrogen-bond donors (Lipinski definition) is 0. The minimum atomic E-state index is -0.576. The van der Waals surface area contributed by atoms with Gasteiger partial charge in [0.05, 0.1) is 0 Å². The van der Waals surface area contributed by atoms with Crippen molar-refractivity contribution in [1.82, 2.24) is 4.90 Å².